The first-order chi connectivity index (χ1) is 32.6. The minimum Gasteiger partial charge on any atom is -0.462 e. The summed E-state index contributed by atoms with van der Waals surface area (Å²) >= 11 is 0. The van der Waals surface area contributed by atoms with Crippen LogP contribution in [0.4, 0.5) is 0 Å². The van der Waals surface area contributed by atoms with Crippen molar-refractivity contribution in [3.8, 4) is 0 Å². The van der Waals surface area contributed by atoms with Crippen LogP contribution in [0.1, 0.15) is 201 Å². The fourth-order valence-corrected chi connectivity index (χ4v) is 6.55. The van der Waals surface area contributed by atoms with E-state index in [-0.39, 0.29) is 25.2 Å². The van der Waals surface area contributed by atoms with Crippen LogP contribution in [-0.2, 0) is 23.8 Å². The van der Waals surface area contributed by atoms with Gasteiger partial charge in [0.05, 0.1) is 6.61 Å². The molecule has 0 saturated heterocycles. The Balaban J connectivity index is 4.47. The second-order valence-corrected chi connectivity index (χ2v) is 16.6. The Kier molecular flexibility index (Phi) is 51.6. The first-order valence-electron chi connectivity index (χ1n) is 26.4. The van der Waals surface area contributed by atoms with Gasteiger partial charge in [0, 0.05) is 19.4 Å². The van der Waals surface area contributed by atoms with Crippen LogP contribution in [-0.4, -0.2) is 37.9 Å². The summed E-state index contributed by atoms with van der Waals surface area (Å²) in [7, 11) is 0. The number of hydrogen-bond acceptors (Lipinski definition) is 5. The van der Waals surface area contributed by atoms with Crippen LogP contribution < -0.4 is 0 Å². The predicted octanol–water partition coefficient (Wildman–Crippen LogP) is 18.1. The van der Waals surface area contributed by atoms with Crippen molar-refractivity contribution in [3.63, 3.8) is 0 Å². The molecule has 0 aromatic carbocycles. The van der Waals surface area contributed by atoms with Crippen LogP contribution in [0.5, 0.6) is 0 Å². The Morgan fingerprint density at radius 3 is 1.06 bits per heavy atom. The van der Waals surface area contributed by atoms with Crippen molar-refractivity contribution in [1.82, 2.24) is 0 Å². The number of esters is 2. The van der Waals surface area contributed by atoms with E-state index in [1.165, 1.54) is 44.9 Å². The van der Waals surface area contributed by atoms with Gasteiger partial charge in [-0.2, -0.15) is 0 Å². The van der Waals surface area contributed by atoms with Crippen LogP contribution in [0.2, 0.25) is 0 Å². The third-order valence-corrected chi connectivity index (χ3v) is 10.4. The van der Waals surface area contributed by atoms with Crippen LogP contribution >= 0.6 is 0 Å². The monoisotopic (exact) mass is 909 g/mol. The van der Waals surface area contributed by atoms with Gasteiger partial charge in [0.2, 0.25) is 0 Å². The predicted molar refractivity (Wildman–Crippen MR) is 288 cm³/mol. The highest BCUT2D eigenvalue weighted by atomic mass is 16.6. The summed E-state index contributed by atoms with van der Waals surface area (Å²) in [6.45, 7) is 7.34. The summed E-state index contributed by atoms with van der Waals surface area (Å²) < 4.78 is 17.3. The summed E-state index contributed by atoms with van der Waals surface area (Å²) in [5, 5.41) is 0. The molecular formula is C61H96O5. The maximum Gasteiger partial charge on any atom is 0.306 e. The largest absolute Gasteiger partial charge is 0.462 e. The maximum atomic E-state index is 12.8. The van der Waals surface area contributed by atoms with Gasteiger partial charge in [0.25, 0.3) is 0 Å². The van der Waals surface area contributed by atoms with E-state index in [0.29, 0.717) is 19.4 Å². The molecule has 0 heterocycles. The molecule has 0 aliphatic rings. The number of hydrogen-bond donors (Lipinski definition) is 0. The van der Waals surface area contributed by atoms with E-state index in [2.05, 4.69) is 167 Å². The molecule has 1 atom stereocenters. The van der Waals surface area contributed by atoms with Gasteiger partial charge < -0.3 is 14.2 Å². The number of rotatable bonds is 46. The van der Waals surface area contributed by atoms with Crippen LogP contribution in [0, 0.1) is 0 Å². The fourth-order valence-electron chi connectivity index (χ4n) is 6.55. The minimum atomic E-state index is -0.596. The number of carbonyl (C=O) groups excluding carboxylic acids is 2. The SMILES string of the molecule is CC/C=C\C/C=C\C/C=C\C/C=C\C/C=C\CCCC(=O)OCC(COCCCCCCCCCC/C=C\C/C=C\C/C=C\CC)OC(=O)CCCC/C=C\C/C=C\C/C=C\C/C=C\CC. The zero-order valence-corrected chi connectivity index (χ0v) is 42.4. The molecule has 0 aliphatic heterocycles. The van der Waals surface area contributed by atoms with Crippen molar-refractivity contribution in [2.75, 3.05) is 19.8 Å². The molecule has 0 radical (unpaired) electrons. The van der Waals surface area contributed by atoms with Crippen molar-refractivity contribution in [1.29, 1.82) is 0 Å². The normalized spacial score (nSPS) is 13.4. The molecule has 0 spiro atoms. The van der Waals surface area contributed by atoms with E-state index in [1.54, 1.807) is 0 Å². The lowest BCUT2D eigenvalue weighted by Crippen LogP contribution is -2.30. The molecule has 0 saturated carbocycles. The number of unbranched alkanes of at least 4 members (excludes halogenated alkanes) is 11. The van der Waals surface area contributed by atoms with E-state index in [9.17, 15) is 9.59 Å². The maximum absolute atomic E-state index is 12.8. The third-order valence-electron chi connectivity index (χ3n) is 10.4. The van der Waals surface area contributed by atoms with Gasteiger partial charge >= 0.3 is 11.9 Å². The van der Waals surface area contributed by atoms with E-state index in [0.717, 1.165) is 122 Å². The lowest BCUT2D eigenvalue weighted by Gasteiger charge is -2.18. The van der Waals surface area contributed by atoms with E-state index < -0.39 is 6.10 Å². The zero-order chi connectivity index (χ0) is 47.7. The van der Waals surface area contributed by atoms with Crippen LogP contribution in [0.25, 0.3) is 0 Å². The number of carbonyl (C=O) groups is 2. The molecule has 1 unspecified atom stereocenters. The molecule has 5 heteroatoms. The molecular weight excluding hydrogens is 813 g/mol. The molecule has 0 amide bonds. The summed E-state index contributed by atoms with van der Waals surface area (Å²) in [4.78, 5) is 25.4. The van der Waals surface area contributed by atoms with Gasteiger partial charge in [-0.05, 0) is 128 Å². The second-order valence-electron chi connectivity index (χ2n) is 16.6. The van der Waals surface area contributed by atoms with Crippen molar-refractivity contribution < 1.29 is 23.8 Å². The average molecular weight is 909 g/mol. The first-order valence-corrected chi connectivity index (χ1v) is 26.4. The van der Waals surface area contributed by atoms with Gasteiger partial charge in [0.15, 0.2) is 6.10 Å². The summed E-state index contributed by atoms with van der Waals surface area (Å²) in [5.74, 6) is -0.529. The highest BCUT2D eigenvalue weighted by Gasteiger charge is 2.17. The van der Waals surface area contributed by atoms with Crippen LogP contribution in [0.3, 0.4) is 0 Å². The summed E-state index contributed by atoms with van der Waals surface area (Å²) in [6.07, 6.45) is 80.1. The molecule has 370 valence electrons. The molecule has 0 fully saturated rings. The standard InChI is InChI=1S/C61H96O5/c1-4-7-10-13-16-19-22-25-28-30-32-35-38-41-44-47-50-53-56-64-57-59(66-61(63)55-52-49-46-43-40-37-33-27-24-21-18-15-12-9-6-3)58-65-60(62)54-51-48-45-42-39-36-34-31-29-26-23-20-17-14-11-8-5-2/h7-12,16-21,25-29,33-34,36,40,42-43,45,59H,4-6,13-15,22-24,30-32,35,37-39,41,44,46-58H2,1-3H3/b10-7-,11-8-,12-9-,19-16-,20-17-,21-18-,28-25-,29-26-,33-27-,36-34-,43-40-,45-42-. The number of allylic oxidation sites excluding steroid dienone is 24. The van der Waals surface area contributed by atoms with Gasteiger partial charge in [-0.3, -0.25) is 9.59 Å². The fraction of sp³-hybridized carbons (Fsp3) is 0.574. The summed E-state index contributed by atoms with van der Waals surface area (Å²) in [6, 6.07) is 0. The zero-order valence-electron chi connectivity index (χ0n) is 42.4. The van der Waals surface area contributed by atoms with E-state index in [4.69, 9.17) is 14.2 Å². The quantitative estimate of drug-likeness (QED) is 0.0346. The average Bonchev–Trinajstić information content (AvgIpc) is 3.32. The topological polar surface area (TPSA) is 61.8 Å². The molecule has 0 rings (SSSR count). The summed E-state index contributed by atoms with van der Waals surface area (Å²) in [5.41, 5.74) is 0. The van der Waals surface area contributed by atoms with Crippen molar-refractivity contribution in [2.45, 2.75) is 207 Å². The number of ether oxygens (including phenoxy) is 3. The third kappa shape index (κ3) is 52.4. The Morgan fingerprint density at radius 2 is 0.652 bits per heavy atom. The van der Waals surface area contributed by atoms with Gasteiger partial charge in [-0.25, -0.2) is 0 Å². The minimum absolute atomic E-state index is 0.0258. The van der Waals surface area contributed by atoms with E-state index >= 15 is 0 Å². The molecule has 5 nitrogen and oxygen atoms in total. The van der Waals surface area contributed by atoms with Gasteiger partial charge in [-0.15, -0.1) is 0 Å². The van der Waals surface area contributed by atoms with Crippen molar-refractivity contribution in [3.05, 3.63) is 146 Å². The van der Waals surface area contributed by atoms with Gasteiger partial charge in [-0.1, -0.05) is 205 Å². The lowest BCUT2D eigenvalue weighted by molar-refractivity contribution is -0.162. The first kappa shape index (κ1) is 61.8. The Labute approximate surface area is 406 Å². The highest BCUT2D eigenvalue weighted by Crippen LogP contribution is 2.12. The smallest absolute Gasteiger partial charge is 0.306 e. The molecule has 0 aliphatic carbocycles. The molecule has 0 N–H and O–H groups in total. The van der Waals surface area contributed by atoms with Crippen LogP contribution in [0.15, 0.2) is 146 Å². The molecule has 66 heavy (non-hydrogen) atoms. The highest BCUT2D eigenvalue weighted by molar-refractivity contribution is 5.70. The Bertz CT molecular complexity index is 1450. The lowest BCUT2D eigenvalue weighted by atomic mass is 10.1. The van der Waals surface area contributed by atoms with Gasteiger partial charge in [0.1, 0.15) is 6.61 Å². The molecule has 0 bridgehead atoms. The van der Waals surface area contributed by atoms with Crippen molar-refractivity contribution >= 4 is 11.9 Å². The second kappa shape index (κ2) is 55.1. The van der Waals surface area contributed by atoms with Crippen molar-refractivity contribution in [2.24, 2.45) is 0 Å². The van der Waals surface area contributed by atoms with E-state index in [1.807, 2.05) is 0 Å². The Hall–Kier alpha value is -4.22. The molecule has 0 aromatic heterocycles. The Morgan fingerprint density at radius 1 is 0.333 bits per heavy atom. The molecule has 0 aromatic rings.